The number of anilines is 1. The standard InChI is InChI=1S/C22H27N5O3/c1-3-5-20(28-2)23-12-13-24-22-26-16-25-21(27-22)17-7-9-19(10-8-17)30-18-6-4-14-29-15-11-18/h3,5,7-10,12,16,18H,1,4,6,11,13-15H2,2H3,(H,24,25,26,27)/b20-5+,23-12-. The summed E-state index contributed by atoms with van der Waals surface area (Å²) < 4.78 is 16.7. The monoisotopic (exact) mass is 409 g/mol. The highest BCUT2D eigenvalue weighted by atomic mass is 16.5. The van der Waals surface area contributed by atoms with Gasteiger partial charge in [-0.2, -0.15) is 4.98 Å². The van der Waals surface area contributed by atoms with Crippen LogP contribution in [0.25, 0.3) is 11.4 Å². The molecule has 0 bridgehead atoms. The van der Waals surface area contributed by atoms with E-state index in [2.05, 4.69) is 31.8 Å². The molecule has 1 aromatic carbocycles. The lowest BCUT2D eigenvalue weighted by Gasteiger charge is -2.16. The molecule has 158 valence electrons. The number of allylic oxidation sites excluding steroid dienone is 2. The fourth-order valence-corrected chi connectivity index (χ4v) is 2.92. The van der Waals surface area contributed by atoms with Gasteiger partial charge in [0.15, 0.2) is 5.82 Å². The quantitative estimate of drug-likeness (QED) is 0.384. The largest absolute Gasteiger partial charge is 0.490 e. The topological polar surface area (TPSA) is 90.8 Å². The Kier molecular flexibility index (Phi) is 8.34. The van der Waals surface area contributed by atoms with Crippen LogP contribution in [0.5, 0.6) is 5.75 Å². The molecule has 1 aliphatic rings. The molecule has 30 heavy (non-hydrogen) atoms. The summed E-state index contributed by atoms with van der Waals surface area (Å²) in [5, 5.41) is 3.09. The van der Waals surface area contributed by atoms with Crippen molar-refractivity contribution in [3.8, 4) is 17.1 Å². The average molecular weight is 409 g/mol. The van der Waals surface area contributed by atoms with Crippen LogP contribution >= 0.6 is 0 Å². The second kappa shape index (κ2) is 11.7. The van der Waals surface area contributed by atoms with E-state index < -0.39 is 0 Å². The Hall–Kier alpha value is -3.26. The van der Waals surface area contributed by atoms with E-state index in [1.165, 1.54) is 6.33 Å². The Morgan fingerprint density at radius 2 is 2.13 bits per heavy atom. The molecule has 2 heterocycles. The number of aromatic nitrogens is 3. The minimum Gasteiger partial charge on any atom is -0.490 e. The van der Waals surface area contributed by atoms with E-state index in [1.807, 2.05) is 24.3 Å². The van der Waals surface area contributed by atoms with Gasteiger partial charge in [-0.3, -0.25) is 0 Å². The number of hydrogen-bond acceptors (Lipinski definition) is 8. The third-order valence-electron chi connectivity index (χ3n) is 4.43. The summed E-state index contributed by atoms with van der Waals surface area (Å²) in [5.41, 5.74) is 0.890. The second-order valence-corrected chi connectivity index (χ2v) is 6.58. The number of benzene rings is 1. The van der Waals surface area contributed by atoms with Crippen molar-refractivity contribution < 1.29 is 14.2 Å². The summed E-state index contributed by atoms with van der Waals surface area (Å²) in [4.78, 5) is 17.1. The maximum atomic E-state index is 6.08. The number of ether oxygens (including phenoxy) is 3. The molecule has 1 aromatic heterocycles. The third kappa shape index (κ3) is 6.66. The smallest absolute Gasteiger partial charge is 0.226 e. The zero-order valence-corrected chi connectivity index (χ0v) is 17.2. The Morgan fingerprint density at radius 1 is 1.27 bits per heavy atom. The highest BCUT2D eigenvalue weighted by molar-refractivity contribution is 5.64. The van der Waals surface area contributed by atoms with E-state index in [4.69, 9.17) is 14.2 Å². The Bertz CT molecular complexity index is 859. The molecule has 0 radical (unpaired) electrons. The average Bonchev–Trinajstić information content (AvgIpc) is 3.05. The van der Waals surface area contributed by atoms with Crippen molar-refractivity contribution in [2.45, 2.75) is 25.4 Å². The van der Waals surface area contributed by atoms with Crippen LogP contribution in [-0.4, -0.2) is 54.1 Å². The summed E-state index contributed by atoms with van der Waals surface area (Å²) in [6, 6.07) is 7.80. The summed E-state index contributed by atoms with van der Waals surface area (Å²) in [6.07, 6.45) is 9.62. The van der Waals surface area contributed by atoms with Crippen LogP contribution in [0.1, 0.15) is 19.3 Å². The highest BCUT2D eigenvalue weighted by Gasteiger charge is 2.14. The third-order valence-corrected chi connectivity index (χ3v) is 4.43. The first kappa shape index (κ1) is 21.4. The SMILES string of the molecule is C=C/C=C(\N=C/CNc1ncnc(-c2ccc(OC3CCCOCC3)cc2)n1)OC. The summed E-state index contributed by atoms with van der Waals surface area (Å²) in [6.45, 7) is 5.63. The molecule has 0 amide bonds. The molecule has 2 aromatic rings. The van der Waals surface area contributed by atoms with Crippen molar-refractivity contribution in [3.05, 3.63) is 55.2 Å². The van der Waals surface area contributed by atoms with Gasteiger partial charge >= 0.3 is 0 Å². The van der Waals surface area contributed by atoms with Crippen LogP contribution in [0.2, 0.25) is 0 Å². The first-order valence-electron chi connectivity index (χ1n) is 9.95. The molecule has 1 aliphatic heterocycles. The van der Waals surface area contributed by atoms with Crippen molar-refractivity contribution in [3.63, 3.8) is 0 Å². The van der Waals surface area contributed by atoms with E-state index >= 15 is 0 Å². The van der Waals surface area contributed by atoms with Gasteiger partial charge in [-0.05, 0) is 43.2 Å². The molecule has 0 aliphatic carbocycles. The van der Waals surface area contributed by atoms with Crippen molar-refractivity contribution in [2.75, 3.05) is 32.2 Å². The lowest BCUT2D eigenvalue weighted by Crippen LogP contribution is -2.16. The maximum absolute atomic E-state index is 6.08. The molecule has 1 N–H and O–H groups in total. The molecule has 0 spiro atoms. The lowest BCUT2D eigenvalue weighted by molar-refractivity contribution is 0.127. The van der Waals surface area contributed by atoms with Gasteiger partial charge in [0.1, 0.15) is 18.2 Å². The number of rotatable bonds is 9. The van der Waals surface area contributed by atoms with Gasteiger partial charge in [0.05, 0.1) is 20.3 Å². The number of aliphatic imine (C=N–C) groups is 1. The van der Waals surface area contributed by atoms with Gasteiger partial charge in [0, 0.05) is 24.8 Å². The molecule has 1 saturated heterocycles. The van der Waals surface area contributed by atoms with Crippen LogP contribution < -0.4 is 10.1 Å². The molecule has 8 heteroatoms. The van der Waals surface area contributed by atoms with Crippen molar-refractivity contribution in [2.24, 2.45) is 4.99 Å². The van der Waals surface area contributed by atoms with Gasteiger partial charge in [-0.25, -0.2) is 15.0 Å². The van der Waals surface area contributed by atoms with Crippen LogP contribution in [0.4, 0.5) is 5.95 Å². The van der Waals surface area contributed by atoms with Gasteiger partial charge in [-0.1, -0.05) is 12.7 Å². The van der Waals surface area contributed by atoms with Crippen LogP contribution in [-0.2, 0) is 9.47 Å². The minimum atomic E-state index is 0.202. The van der Waals surface area contributed by atoms with Crippen LogP contribution in [0.15, 0.2) is 60.2 Å². The molecular weight excluding hydrogens is 382 g/mol. The van der Waals surface area contributed by atoms with Gasteiger partial charge in [-0.15, -0.1) is 0 Å². The first-order chi connectivity index (χ1) is 14.8. The molecule has 1 fully saturated rings. The van der Waals surface area contributed by atoms with Crippen molar-refractivity contribution in [1.29, 1.82) is 0 Å². The molecule has 1 atom stereocenters. The Labute approximate surface area is 176 Å². The van der Waals surface area contributed by atoms with Gasteiger partial charge in [0.25, 0.3) is 0 Å². The number of hydrogen-bond donors (Lipinski definition) is 1. The first-order valence-corrected chi connectivity index (χ1v) is 9.95. The molecule has 1 unspecified atom stereocenters. The van der Waals surface area contributed by atoms with Gasteiger partial charge < -0.3 is 19.5 Å². The predicted octanol–water partition coefficient (Wildman–Crippen LogP) is 3.64. The normalized spacial score (nSPS) is 17.4. The highest BCUT2D eigenvalue weighted by Crippen LogP contribution is 2.22. The second-order valence-electron chi connectivity index (χ2n) is 6.58. The molecule has 0 saturated carbocycles. The minimum absolute atomic E-state index is 0.202. The van der Waals surface area contributed by atoms with Crippen molar-refractivity contribution >= 4 is 12.2 Å². The van der Waals surface area contributed by atoms with Crippen LogP contribution in [0.3, 0.4) is 0 Å². The number of nitrogens with one attached hydrogen (secondary N) is 1. The zero-order chi connectivity index (χ0) is 21.0. The van der Waals surface area contributed by atoms with Crippen LogP contribution in [0, 0.1) is 0 Å². The Balaban J connectivity index is 1.57. The van der Waals surface area contributed by atoms with Gasteiger partial charge in [0.2, 0.25) is 11.8 Å². The van der Waals surface area contributed by atoms with E-state index in [9.17, 15) is 0 Å². The predicted molar refractivity (Wildman–Crippen MR) is 117 cm³/mol. The van der Waals surface area contributed by atoms with E-state index in [-0.39, 0.29) is 6.10 Å². The summed E-state index contributed by atoms with van der Waals surface area (Å²) >= 11 is 0. The molecular formula is C22H27N5O3. The fraction of sp³-hybridized carbons (Fsp3) is 0.364. The number of methoxy groups -OCH3 is 1. The van der Waals surface area contributed by atoms with E-state index in [1.54, 1.807) is 25.5 Å². The molecule has 8 nitrogen and oxygen atoms in total. The lowest BCUT2D eigenvalue weighted by atomic mass is 10.1. The summed E-state index contributed by atoms with van der Waals surface area (Å²) in [5.74, 6) is 2.37. The fourth-order valence-electron chi connectivity index (χ4n) is 2.92. The molecule has 3 rings (SSSR count). The van der Waals surface area contributed by atoms with Crippen molar-refractivity contribution in [1.82, 2.24) is 15.0 Å². The zero-order valence-electron chi connectivity index (χ0n) is 17.2. The number of nitrogens with zero attached hydrogens (tertiary/aromatic N) is 4. The summed E-state index contributed by atoms with van der Waals surface area (Å²) in [7, 11) is 1.56. The van der Waals surface area contributed by atoms with E-state index in [0.717, 1.165) is 43.8 Å². The maximum Gasteiger partial charge on any atom is 0.226 e. The van der Waals surface area contributed by atoms with E-state index in [0.29, 0.717) is 24.2 Å². The Morgan fingerprint density at radius 3 is 2.93 bits per heavy atom.